The van der Waals surface area contributed by atoms with Crippen molar-refractivity contribution in [3.8, 4) is 0 Å². The lowest BCUT2D eigenvalue weighted by Crippen LogP contribution is -2.33. The van der Waals surface area contributed by atoms with Crippen molar-refractivity contribution >= 4 is 70.7 Å². The van der Waals surface area contributed by atoms with E-state index in [9.17, 15) is 38.4 Å². The van der Waals surface area contributed by atoms with Crippen molar-refractivity contribution in [2.45, 2.75) is 28.1 Å². The predicted molar refractivity (Wildman–Crippen MR) is 222 cm³/mol. The van der Waals surface area contributed by atoms with Crippen molar-refractivity contribution in [2.24, 2.45) is 8.80 Å². The Kier molecular flexibility index (Phi) is 18.3. The molecule has 3 aromatic carbocycles. The largest absolute Gasteiger partial charge is 0.364 e. The molecule has 3 aromatic heterocycles. The van der Waals surface area contributed by atoms with Crippen LogP contribution in [0.3, 0.4) is 0 Å². The van der Waals surface area contributed by atoms with Crippen LogP contribution >= 0.6 is 34.8 Å². The van der Waals surface area contributed by atoms with E-state index < -0.39 is 47.5 Å². The highest BCUT2D eigenvalue weighted by Gasteiger charge is 2.27. The predicted octanol–water partition coefficient (Wildman–Crippen LogP) is 5.21. The SMILES string of the molecule is COCN(c1ccncn1)S(=O)(=O)c1ccc(F)c(Cl)c1.COCn1ccc(=NS(=O)(=O)c2ccc(F)c(Cl)c2)nc1.COCn1cnccc1=NS(=O)(=O)c1ccc(F)c(Cl)c1. The number of aromatic nitrogens is 6. The zero-order chi connectivity index (χ0) is 46.4. The molecule has 0 fully saturated rings. The molecule has 0 bridgehead atoms. The average molecular weight is 995 g/mol. The first-order chi connectivity index (χ1) is 29.8. The first kappa shape index (κ1) is 50.3. The van der Waals surface area contributed by atoms with Crippen LogP contribution in [-0.2, 0) is 57.7 Å². The van der Waals surface area contributed by atoms with Crippen LogP contribution in [0, 0.1) is 17.5 Å². The molecule has 0 saturated heterocycles. The minimum atomic E-state index is -4.02. The molecule has 0 atom stereocenters. The molecule has 0 radical (unpaired) electrons. The van der Waals surface area contributed by atoms with E-state index in [1.807, 2.05) is 0 Å². The second-order valence-corrected chi connectivity index (χ2v) is 18.2. The molecule has 0 aliphatic carbocycles. The van der Waals surface area contributed by atoms with Crippen LogP contribution in [0.2, 0.25) is 15.1 Å². The third kappa shape index (κ3) is 14.1. The number of ether oxygens (including phenoxy) is 3. The van der Waals surface area contributed by atoms with Gasteiger partial charge in [0.2, 0.25) is 0 Å². The van der Waals surface area contributed by atoms with E-state index in [1.54, 1.807) is 10.8 Å². The van der Waals surface area contributed by atoms with Crippen LogP contribution in [0.15, 0.2) is 134 Å². The van der Waals surface area contributed by atoms with Gasteiger partial charge in [-0.25, -0.2) is 45.8 Å². The van der Waals surface area contributed by atoms with Gasteiger partial charge in [0.15, 0.2) is 11.0 Å². The Hall–Kier alpha value is -5.31. The Labute approximate surface area is 373 Å². The van der Waals surface area contributed by atoms with Crippen molar-refractivity contribution in [2.75, 3.05) is 32.4 Å². The summed E-state index contributed by atoms with van der Waals surface area (Å²) in [4.78, 5) is 14.8. The van der Waals surface area contributed by atoms with Gasteiger partial charge in [0.25, 0.3) is 30.1 Å². The van der Waals surface area contributed by atoms with Gasteiger partial charge in [-0.05, 0) is 60.7 Å². The fraction of sp³-hybridized carbons (Fsp3) is 0.167. The van der Waals surface area contributed by atoms with E-state index in [0.717, 1.165) is 58.9 Å². The minimum Gasteiger partial charge on any atom is -0.364 e. The molecule has 6 rings (SSSR count). The smallest absolute Gasteiger partial charge is 0.284 e. The molecule has 18 nitrogen and oxygen atoms in total. The third-order valence-corrected chi connectivity index (χ3v) is 12.6. The molecule has 0 aliphatic heterocycles. The zero-order valence-electron chi connectivity index (χ0n) is 32.7. The summed E-state index contributed by atoms with van der Waals surface area (Å²) in [5, 5.41) is -0.855. The number of anilines is 1. The molecule has 0 N–H and O–H groups in total. The van der Waals surface area contributed by atoms with Crippen molar-refractivity contribution in [3.63, 3.8) is 0 Å². The van der Waals surface area contributed by atoms with Crippen LogP contribution in [0.5, 0.6) is 0 Å². The van der Waals surface area contributed by atoms with Crippen molar-refractivity contribution < 1.29 is 52.6 Å². The van der Waals surface area contributed by atoms with E-state index in [2.05, 4.69) is 28.7 Å². The minimum absolute atomic E-state index is 0.00259. The fourth-order valence-electron chi connectivity index (χ4n) is 4.56. The topological polar surface area (TPSA) is 219 Å². The van der Waals surface area contributed by atoms with Gasteiger partial charge in [0, 0.05) is 52.1 Å². The Bertz CT molecular complexity index is 2990. The summed E-state index contributed by atoms with van der Waals surface area (Å²) in [6.07, 6.45) is 8.36. The lowest BCUT2D eigenvalue weighted by atomic mass is 10.3. The number of rotatable bonds is 13. The monoisotopic (exact) mass is 993 g/mol. The van der Waals surface area contributed by atoms with Crippen LogP contribution in [0.25, 0.3) is 0 Å². The second-order valence-electron chi connectivity index (χ2n) is 11.9. The van der Waals surface area contributed by atoms with Gasteiger partial charge in [0.05, 0.1) is 42.4 Å². The Morgan fingerprint density at radius 2 is 1.17 bits per heavy atom. The van der Waals surface area contributed by atoms with Crippen molar-refractivity contribution in [1.29, 1.82) is 0 Å². The standard InChI is InChI=1S/3C12H11ClFN3O3S/c1-20-8-17-5-4-12(15-7-17)16-21(18,19)9-2-3-11(14)10(13)6-9;1-20-8-17-7-15-5-4-12(17)16-21(18,19)9-2-3-11(14)10(13)6-9;1-20-8-17(12-4-5-15-7-16-12)21(18,19)9-2-3-11(14)10(13)6-9/h3*2-7H,8H2,1H3. The zero-order valence-corrected chi connectivity index (χ0v) is 37.4. The number of methoxy groups -OCH3 is 3. The number of nitrogens with zero attached hydrogens (tertiary/aromatic N) is 9. The molecule has 3 heterocycles. The summed E-state index contributed by atoms with van der Waals surface area (Å²) in [6.45, 7) is 0.119. The molecule has 0 saturated carbocycles. The maximum atomic E-state index is 13.2. The highest BCUT2D eigenvalue weighted by Crippen LogP contribution is 2.26. The van der Waals surface area contributed by atoms with E-state index in [-0.39, 0.29) is 66.7 Å². The van der Waals surface area contributed by atoms with Crippen molar-refractivity contribution in [3.05, 3.63) is 154 Å². The second kappa shape index (κ2) is 22.9. The third-order valence-electron chi connectivity index (χ3n) is 7.46. The molecule has 27 heteroatoms. The molecular formula is C36H33Cl3F3N9O9S3. The summed E-state index contributed by atoms with van der Waals surface area (Å²) in [6, 6.07) is 13.6. The summed E-state index contributed by atoms with van der Waals surface area (Å²) >= 11 is 16.8. The van der Waals surface area contributed by atoms with E-state index >= 15 is 0 Å². The van der Waals surface area contributed by atoms with Gasteiger partial charge in [-0.15, -0.1) is 8.80 Å². The Morgan fingerprint density at radius 3 is 1.67 bits per heavy atom. The van der Waals surface area contributed by atoms with E-state index in [4.69, 9.17) is 49.0 Å². The Morgan fingerprint density at radius 1 is 0.635 bits per heavy atom. The number of benzene rings is 3. The molecule has 63 heavy (non-hydrogen) atoms. The van der Waals surface area contributed by atoms with Gasteiger partial charge < -0.3 is 18.8 Å². The molecule has 0 unspecified atom stereocenters. The molecule has 0 amide bonds. The first-order valence-electron chi connectivity index (χ1n) is 17.1. The van der Waals surface area contributed by atoms with Crippen LogP contribution < -0.4 is 15.3 Å². The van der Waals surface area contributed by atoms with E-state index in [1.165, 1.54) is 75.5 Å². The number of hydrogen-bond acceptors (Lipinski definition) is 13. The molecule has 336 valence electrons. The van der Waals surface area contributed by atoms with Crippen LogP contribution in [0.4, 0.5) is 19.0 Å². The number of halogens is 6. The average Bonchev–Trinajstić information content (AvgIpc) is 3.25. The van der Waals surface area contributed by atoms with Gasteiger partial charge in [-0.1, -0.05) is 34.8 Å². The molecule has 0 spiro atoms. The Balaban J connectivity index is 0.000000207. The first-order valence-corrected chi connectivity index (χ1v) is 22.5. The normalized spacial score (nSPS) is 12.2. The van der Waals surface area contributed by atoms with Gasteiger partial charge in [-0.3, -0.25) is 4.57 Å². The summed E-state index contributed by atoms with van der Waals surface area (Å²) in [5.41, 5.74) is 0.134. The maximum Gasteiger partial charge on any atom is 0.284 e. The summed E-state index contributed by atoms with van der Waals surface area (Å²) in [5.74, 6) is -1.97. The fourth-order valence-corrected chi connectivity index (χ4v) is 8.65. The molecule has 0 aliphatic rings. The highest BCUT2D eigenvalue weighted by atomic mass is 35.5. The van der Waals surface area contributed by atoms with Crippen molar-refractivity contribution in [1.82, 2.24) is 29.1 Å². The molecular weight excluding hydrogens is 962 g/mol. The van der Waals surface area contributed by atoms with Gasteiger partial charge >= 0.3 is 0 Å². The summed E-state index contributed by atoms with van der Waals surface area (Å²) in [7, 11) is -7.69. The lowest BCUT2D eigenvalue weighted by Gasteiger charge is -2.22. The molecule has 6 aromatic rings. The number of sulfonamides is 3. The van der Waals surface area contributed by atoms with Crippen LogP contribution in [-0.4, -0.2) is 82.4 Å². The number of hydrogen-bond donors (Lipinski definition) is 0. The highest BCUT2D eigenvalue weighted by molar-refractivity contribution is 7.92. The maximum absolute atomic E-state index is 13.2. The van der Waals surface area contributed by atoms with Gasteiger partial charge in [0.1, 0.15) is 49.8 Å². The van der Waals surface area contributed by atoms with E-state index in [0.29, 0.717) is 0 Å². The quantitative estimate of drug-likeness (QED) is 0.136. The van der Waals surface area contributed by atoms with Crippen LogP contribution in [0.1, 0.15) is 0 Å². The summed E-state index contributed by atoms with van der Waals surface area (Å²) < 4.78 is 139. The van der Waals surface area contributed by atoms with Gasteiger partial charge in [-0.2, -0.15) is 16.8 Å². The lowest BCUT2D eigenvalue weighted by molar-refractivity contribution is 0.126.